The third-order valence-electron chi connectivity index (χ3n) is 3.43. The average Bonchev–Trinajstić information content (AvgIpc) is 3.06. The normalized spacial score (nSPS) is 11.4. The van der Waals surface area contributed by atoms with E-state index in [1.165, 1.54) is 18.5 Å². The molecule has 25 heavy (non-hydrogen) atoms. The van der Waals surface area contributed by atoms with Gasteiger partial charge in [0.05, 0.1) is 16.8 Å². The first-order valence-corrected chi connectivity index (χ1v) is 7.42. The van der Waals surface area contributed by atoms with Crippen LogP contribution in [0.25, 0.3) is 5.82 Å². The zero-order chi connectivity index (χ0) is 17.8. The number of benzene rings is 1. The van der Waals surface area contributed by atoms with Gasteiger partial charge in [0.2, 0.25) is 0 Å². The third-order valence-corrected chi connectivity index (χ3v) is 3.43. The minimum atomic E-state index is -0.437. The van der Waals surface area contributed by atoms with Gasteiger partial charge in [0.1, 0.15) is 6.33 Å². The van der Waals surface area contributed by atoms with Gasteiger partial charge in [-0.25, -0.2) is 14.6 Å². The van der Waals surface area contributed by atoms with Crippen LogP contribution in [-0.4, -0.2) is 30.4 Å². The fourth-order valence-electron chi connectivity index (χ4n) is 2.10. The van der Waals surface area contributed by atoms with Crippen LogP contribution >= 0.6 is 0 Å². The smallest absolute Gasteiger partial charge is 0.261 e. The van der Waals surface area contributed by atoms with Crippen molar-refractivity contribution < 1.29 is 4.92 Å². The van der Waals surface area contributed by atoms with Gasteiger partial charge < -0.3 is 0 Å². The number of hydrogen-bond donors (Lipinski definition) is 1. The summed E-state index contributed by atoms with van der Waals surface area (Å²) in [5.74, 6) is 1.13. The van der Waals surface area contributed by atoms with E-state index in [9.17, 15) is 10.1 Å². The lowest BCUT2D eigenvalue weighted by Gasteiger charge is -2.05. The highest BCUT2D eigenvalue weighted by molar-refractivity contribution is 5.99. The molecule has 2 aromatic heterocycles. The van der Waals surface area contributed by atoms with E-state index in [-0.39, 0.29) is 5.69 Å². The Labute approximate surface area is 143 Å². The fraction of sp³-hybridized carbons (Fsp3) is 0.125. The molecule has 1 N–H and O–H groups in total. The summed E-state index contributed by atoms with van der Waals surface area (Å²) in [5, 5.41) is 19.1. The lowest BCUT2D eigenvalue weighted by Crippen LogP contribution is -2.03. The van der Waals surface area contributed by atoms with Crippen LogP contribution in [-0.2, 0) is 0 Å². The molecule has 3 aromatic rings. The predicted molar refractivity (Wildman–Crippen MR) is 92.8 cm³/mol. The zero-order valence-electron chi connectivity index (χ0n) is 13.6. The van der Waals surface area contributed by atoms with Crippen LogP contribution in [0.4, 0.5) is 11.5 Å². The number of nitro groups is 1. The van der Waals surface area contributed by atoms with E-state index in [1.54, 1.807) is 36.0 Å². The lowest BCUT2D eigenvalue weighted by molar-refractivity contribution is -0.384. The van der Waals surface area contributed by atoms with Gasteiger partial charge in [-0.05, 0) is 37.1 Å². The monoisotopic (exact) mass is 337 g/mol. The van der Waals surface area contributed by atoms with Gasteiger partial charge >= 0.3 is 0 Å². The van der Waals surface area contributed by atoms with Crippen molar-refractivity contribution in [1.82, 2.24) is 19.7 Å². The number of nitro benzene ring substituents is 1. The van der Waals surface area contributed by atoms with Crippen molar-refractivity contribution in [2.75, 3.05) is 5.43 Å². The zero-order valence-corrected chi connectivity index (χ0v) is 13.6. The highest BCUT2D eigenvalue weighted by Crippen LogP contribution is 2.13. The molecular weight excluding hydrogens is 322 g/mol. The fourth-order valence-corrected chi connectivity index (χ4v) is 2.10. The van der Waals surface area contributed by atoms with Crippen LogP contribution in [0.2, 0.25) is 0 Å². The van der Waals surface area contributed by atoms with Gasteiger partial charge in [-0.15, -0.1) is 0 Å². The van der Waals surface area contributed by atoms with Crippen LogP contribution in [0.1, 0.15) is 18.1 Å². The molecule has 0 unspecified atom stereocenters. The number of anilines is 1. The number of aryl methyl sites for hydroxylation is 1. The Bertz CT molecular complexity index is 932. The number of hydrazone groups is 1. The molecule has 0 spiro atoms. The molecule has 2 heterocycles. The average molecular weight is 337 g/mol. The molecule has 0 bridgehead atoms. The van der Waals surface area contributed by atoms with Gasteiger partial charge in [-0.1, -0.05) is 0 Å². The first-order chi connectivity index (χ1) is 12.0. The van der Waals surface area contributed by atoms with Crippen LogP contribution in [0, 0.1) is 17.0 Å². The predicted octanol–water partition coefficient (Wildman–Crippen LogP) is 2.72. The van der Waals surface area contributed by atoms with E-state index in [0.29, 0.717) is 17.3 Å². The first kappa shape index (κ1) is 16.2. The summed E-state index contributed by atoms with van der Waals surface area (Å²) in [7, 11) is 0. The van der Waals surface area contributed by atoms with E-state index < -0.39 is 4.92 Å². The summed E-state index contributed by atoms with van der Waals surface area (Å²) in [6.07, 6.45) is 5.02. The summed E-state index contributed by atoms with van der Waals surface area (Å²) < 4.78 is 1.65. The molecule has 0 aliphatic carbocycles. The van der Waals surface area contributed by atoms with E-state index in [4.69, 9.17) is 0 Å². The van der Waals surface area contributed by atoms with Crippen LogP contribution in [0.3, 0.4) is 0 Å². The largest absolute Gasteiger partial charge is 0.269 e. The maximum Gasteiger partial charge on any atom is 0.269 e. The number of nitrogens with one attached hydrogen (secondary N) is 1. The summed E-state index contributed by atoms with van der Waals surface area (Å²) in [5.41, 5.74) is 5.37. The second-order valence-electron chi connectivity index (χ2n) is 5.34. The summed E-state index contributed by atoms with van der Waals surface area (Å²) >= 11 is 0. The standard InChI is InChI=1S/C16H15N7O2/c1-11-8-19-22(9-11)16-7-15(17-10-18-16)21-20-12(2)13-3-5-14(6-4-13)23(24)25/h3-10H,1-2H3,(H,17,18,21)/b20-12+. The Hall–Kier alpha value is -3.62. The Morgan fingerprint density at radius 3 is 2.68 bits per heavy atom. The molecule has 0 radical (unpaired) electrons. The van der Waals surface area contributed by atoms with Crippen molar-refractivity contribution in [3.8, 4) is 5.82 Å². The number of non-ortho nitro benzene ring substituents is 1. The molecule has 0 aliphatic rings. The Balaban J connectivity index is 1.75. The molecule has 9 heteroatoms. The van der Waals surface area contributed by atoms with Crippen molar-refractivity contribution >= 4 is 17.2 Å². The summed E-state index contributed by atoms with van der Waals surface area (Å²) in [6.45, 7) is 3.74. The van der Waals surface area contributed by atoms with Crippen molar-refractivity contribution in [1.29, 1.82) is 0 Å². The summed E-state index contributed by atoms with van der Waals surface area (Å²) in [4.78, 5) is 18.5. The summed E-state index contributed by atoms with van der Waals surface area (Å²) in [6, 6.07) is 7.90. The van der Waals surface area contributed by atoms with E-state index in [1.807, 2.05) is 13.1 Å². The minimum absolute atomic E-state index is 0.0412. The maximum atomic E-state index is 10.7. The van der Waals surface area contributed by atoms with Gasteiger partial charge in [0.15, 0.2) is 11.6 Å². The van der Waals surface area contributed by atoms with E-state index >= 15 is 0 Å². The second-order valence-corrected chi connectivity index (χ2v) is 5.34. The van der Waals surface area contributed by atoms with Crippen molar-refractivity contribution in [3.63, 3.8) is 0 Å². The van der Waals surface area contributed by atoms with Gasteiger partial charge in [-0.3, -0.25) is 15.5 Å². The van der Waals surface area contributed by atoms with Gasteiger partial charge in [0.25, 0.3) is 5.69 Å². The Morgan fingerprint density at radius 2 is 2.04 bits per heavy atom. The SMILES string of the molecule is C/C(=N\Nc1cc(-n2cc(C)cn2)ncn1)c1ccc([N+](=O)[O-])cc1. The van der Waals surface area contributed by atoms with Gasteiger partial charge in [0, 0.05) is 24.4 Å². The topological polar surface area (TPSA) is 111 Å². The highest BCUT2D eigenvalue weighted by atomic mass is 16.6. The molecule has 3 rings (SSSR count). The third kappa shape index (κ3) is 3.83. The molecule has 0 saturated heterocycles. The van der Waals surface area contributed by atoms with E-state index in [2.05, 4.69) is 25.6 Å². The van der Waals surface area contributed by atoms with Gasteiger partial charge in [-0.2, -0.15) is 10.2 Å². The molecule has 0 atom stereocenters. The van der Waals surface area contributed by atoms with Crippen molar-refractivity contribution in [2.45, 2.75) is 13.8 Å². The maximum absolute atomic E-state index is 10.7. The molecule has 0 saturated carbocycles. The molecule has 9 nitrogen and oxygen atoms in total. The molecule has 126 valence electrons. The number of rotatable bonds is 5. The van der Waals surface area contributed by atoms with Crippen molar-refractivity contribution in [3.05, 3.63) is 70.3 Å². The Kier molecular flexibility index (Phi) is 4.46. The number of aromatic nitrogens is 4. The minimum Gasteiger partial charge on any atom is -0.261 e. The van der Waals surface area contributed by atoms with E-state index in [0.717, 1.165) is 11.1 Å². The molecule has 1 aromatic carbocycles. The molecule has 0 fully saturated rings. The quantitative estimate of drug-likeness (QED) is 0.435. The highest BCUT2D eigenvalue weighted by Gasteiger charge is 2.06. The number of nitrogens with zero attached hydrogens (tertiary/aromatic N) is 6. The van der Waals surface area contributed by atoms with Crippen molar-refractivity contribution in [2.24, 2.45) is 5.10 Å². The number of hydrogen-bond acceptors (Lipinski definition) is 7. The molecular formula is C16H15N7O2. The first-order valence-electron chi connectivity index (χ1n) is 7.42. The van der Waals surface area contributed by atoms with Crippen LogP contribution in [0.5, 0.6) is 0 Å². The molecule has 0 amide bonds. The van der Waals surface area contributed by atoms with Crippen LogP contribution in [0.15, 0.2) is 54.2 Å². The Morgan fingerprint density at radius 1 is 1.28 bits per heavy atom. The van der Waals surface area contributed by atoms with Crippen LogP contribution < -0.4 is 5.43 Å². The molecule has 0 aliphatic heterocycles. The lowest BCUT2D eigenvalue weighted by atomic mass is 10.1. The second kappa shape index (κ2) is 6.87.